The predicted molar refractivity (Wildman–Crippen MR) is 154 cm³/mol. The van der Waals surface area contributed by atoms with Gasteiger partial charge in [0.15, 0.2) is 5.13 Å². The van der Waals surface area contributed by atoms with Crippen molar-refractivity contribution in [1.29, 1.82) is 0 Å². The Morgan fingerprint density at radius 2 is 2.11 bits per heavy atom. The van der Waals surface area contributed by atoms with Gasteiger partial charge in [-0.25, -0.2) is 4.98 Å². The monoisotopic (exact) mass is 537 g/mol. The highest BCUT2D eigenvalue weighted by Gasteiger charge is 2.57. The summed E-state index contributed by atoms with van der Waals surface area (Å²) in [5.74, 6) is 2.37. The zero-order chi connectivity index (χ0) is 27.2. The van der Waals surface area contributed by atoms with Gasteiger partial charge in [0.25, 0.3) is 0 Å². The number of carbonyl (C=O) groups is 1. The summed E-state index contributed by atoms with van der Waals surface area (Å²) in [6, 6.07) is 4.35. The summed E-state index contributed by atoms with van der Waals surface area (Å²) in [5, 5.41) is 19.1. The quantitative estimate of drug-likeness (QED) is 0.377. The first-order valence-electron chi connectivity index (χ1n) is 14.3. The van der Waals surface area contributed by atoms with Crippen molar-refractivity contribution in [2.45, 2.75) is 97.8 Å². The van der Waals surface area contributed by atoms with Crippen LogP contribution in [0.3, 0.4) is 0 Å². The molecule has 0 radical (unpaired) electrons. The van der Waals surface area contributed by atoms with E-state index in [2.05, 4.69) is 49.2 Å². The number of aromatic hydroxyl groups is 1. The predicted octanol–water partition coefficient (Wildman–Crippen LogP) is 7.35. The van der Waals surface area contributed by atoms with Crippen LogP contribution in [-0.4, -0.2) is 28.3 Å². The van der Waals surface area contributed by atoms with E-state index in [0.717, 1.165) is 49.0 Å². The number of nitrogens with zero attached hydrogens (tertiary/aromatic N) is 2. The molecule has 1 amide bonds. The summed E-state index contributed by atoms with van der Waals surface area (Å²) < 4.78 is 0. The highest BCUT2D eigenvalue weighted by molar-refractivity contribution is 7.15. The number of amides is 1. The highest BCUT2D eigenvalue weighted by Crippen LogP contribution is 2.63. The molecule has 0 aliphatic heterocycles. The second-order valence-corrected chi connectivity index (χ2v) is 14.1. The van der Waals surface area contributed by atoms with Gasteiger partial charge in [0.2, 0.25) is 5.91 Å². The molecule has 3 aliphatic carbocycles. The summed E-state index contributed by atoms with van der Waals surface area (Å²) in [6.45, 7) is 13.5. The molecule has 2 saturated carbocycles. The van der Waals surface area contributed by atoms with Gasteiger partial charge in [0.1, 0.15) is 12.4 Å². The third-order valence-corrected chi connectivity index (χ3v) is 10.3. The summed E-state index contributed by atoms with van der Waals surface area (Å²) >= 11 is 1.52. The molecule has 2 fully saturated rings. The molecule has 1 heterocycles. The van der Waals surface area contributed by atoms with E-state index in [1.807, 2.05) is 19.9 Å². The van der Waals surface area contributed by atoms with Crippen molar-refractivity contribution in [1.82, 2.24) is 4.98 Å². The lowest BCUT2D eigenvalue weighted by atomic mass is 9.53. The minimum absolute atomic E-state index is 0.00514. The Balaban J connectivity index is 1.42. The fraction of sp³-hybridized carbons (Fsp3) is 0.645. The molecule has 0 spiro atoms. The highest BCUT2D eigenvalue weighted by atomic mass is 32.1. The molecule has 7 heteroatoms. The van der Waals surface area contributed by atoms with Gasteiger partial charge >= 0.3 is 0 Å². The van der Waals surface area contributed by atoms with E-state index in [1.54, 1.807) is 6.20 Å². The SMILES string of the molecule is CCON=C1CC(CCC(=O)Nc2ncc(C)s2)C2C3CCc4cc(O)c(C(C)(C)C)cc4C3CCC12C. The van der Waals surface area contributed by atoms with Crippen LogP contribution >= 0.6 is 11.3 Å². The number of rotatable bonds is 6. The molecule has 6 nitrogen and oxygen atoms in total. The average Bonchev–Trinajstić information content (AvgIpc) is 3.39. The second-order valence-electron chi connectivity index (χ2n) is 12.9. The van der Waals surface area contributed by atoms with E-state index < -0.39 is 0 Å². The Kier molecular flexibility index (Phi) is 7.36. The van der Waals surface area contributed by atoms with Crippen LogP contribution in [0.5, 0.6) is 5.75 Å². The van der Waals surface area contributed by atoms with Gasteiger partial charge in [0.05, 0.1) is 5.71 Å². The number of phenols is 1. The van der Waals surface area contributed by atoms with E-state index in [1.165, 1.54) is 28.2 Å². The lowest BCUT2D eigenvalue weighted by Gasteiger charge is -2.50. The number of aryl methyl sites for hydroxylation is 2. The normalized spacial score (nSPS) is 29.5. The lowest BCUT2D eigenvalue weighted by molar-refractivity contribution is -0.116. The van der Waals surface area contributed by atoms with Crippen molar-refractivity contribution in [2.24, 2.45) is 28.3 Å². The Labute approximate surface area is 231 Å². The van der Waals surface area contributed by atoms with Gasteiger partial charge in [-0.05, 0) is 104 Å². The van der Waals surface area contributed by atoms with E-state index >= 15 is 0 Å². The van der Waals surface area contributed by atoms with E-state index in [9.17, 15) is 9.90 Å². The van der Waals surface area contributed by atoms with Gasteiger partial charge in [-0.1, -0.05) is 38.9 Å². The van der Waals surface area contributed by atoms with Crippen molar-refractivity contribution >= 4 is 28.1 Å². The number of hydrogen-bond acceptors (Lipinski definition) is 6. The third kappa shape index (κ3) is 4.99. The van der Waals surface area contributed by atoms with E-state index in [-0.39, 0.29) is 16.7 Å². The molecular formula is C31H43N3O3S. The van der Waals surface area contributed by atoms with Crippen molar-refractivity contribution in [3.8, 4) is 5.75 Å². The number of oxime groups is 1. The van der Waals surface area contributed by atoms with E-state index in [0.29, 0.717) is 47.6 Å². The molecule has 5 unspecified atom stereocenters. The van der Waals surface area contributed by atoms with Crippen LogP contribution in [0, 0.1) is 30.1 Å². The van der Waals surface area contributed by atoms with Crippen LogP contribution in [0.1, 0.15) is 101 Å². The number of phenolic OH excluding ortho intramolecular Hbond substituents is 1. The summed E-state index contributed by atoms with van der Waals surface area (Å²) in [6.07, 6.45) is 8.37. The second kappa shape index (κ2) is 10.3. The lowest BCUT2D eigenvalue weighted by Crippen LogP contribution is -2.44. The minimum atomic E-state index is -0.105. The number of aromatic nitrogens is 1. The molecule has 1 aromatic carbocycles. The zero-order valence-corrected chi connectivity index (χ0v) is 24.6. The largest absolute Gasteiger partial charge is 0.508 e. The number of fused-ring (bicyclic) bond motifs is 5. The summed E-state index contributed by atoms with van der Waals surface area (Å²) in [5.41, 5.74) is 4.89. The van der Waals surface area contributed by atoms with Crippen LogP contribution in [0.25, 0.3) is 0 Å². The standard InChI is InChI=1S/C31H43N3O3S/c1-7-37-34-26-15-20(9-11-27(36)33-29-32-17-18(2)38-29)28-22-10-8-19-14-25(35)24(30(3,4)5)16-23(19)21(22)12-13-31(26,28)6/h14,16-17,20-22,28,35H,7-13,15H2,1-6H3,(H,32,33,36). The van der Waals surface area contributed by atoms with Crippen molar-refractivity contribution in [2.75, 3.05) is 11.9 Å². The Morgan fingerprint density at radius 3 is 2.79 bits per heavy atom. The van der Waals surface area contributed by atoms with Crippen molar-refractivity contribution in [3.63, 3.8) is 0 Å². The van der Waals surface area contributed by atoms with Gasteiger partial charge in [0, 0.05) is 22.9 Å². The maximum atomic E-state index is 12.9. The number of carbonyl (C=O) groups excluding carboxylic acids is 1. The molecule has 2 N–H and O–H groups in total. The van der Waals surface area contributed by atoms with Gasteiger partial charge in [-0.3, -0.25) is 4.79 Å². The molecule has 0 saturated heterocycles. The molecule has 5 atom stereocenters. The molecule has 3 aliphatic rings. The smallest absolute Gasteiger partial charge is 0.226 e. The zero-order valence-electron chi connectivity index (χ0n) is 23.8. The first-order chi connectivity index (χ1) is 18.0. The Morgan fingerprint density at radius 1 is 1.32 bits per heavy atom. The number of anilines is 1. The maximum absolute atomic E-state index is 12.9. The topological polar surface area (TPSA) is 83.8 Å². The fourth-order valence-electron chi connectivity index (χ4n) is 7.75. The first kappa shape index (κ1) is 27.2. The minimum Gasteiger partial charge on any atom is -0.508 e. The van der Waals surface area contributed by atoms with Crippen LogP contribution in [0.15, 0.2) is 23.5 Å². The number of hydrogen-bond donors (Lipinski definition) is 2. The van der Waals surface area contributed by atoms with Crippen LogP contribution in [0.4, 0.5) is 5.13 Å². The van der Waals surface area contributed by atoms with Gasteiger partial charge < -0.3 is 15.3 Å². The maximum Gasteiger partial charge on any atom is 0.226 e. The number of thiazole rings is 1. The molecule has 206 valence electrons. The molecule has 38 heavy (non-hydrogen) atoms. The van der Waals surface area contributed by atoms with Crippen molar-refractivity contribution < 1.29 is 14.7 Å². The van der Waals surface area contributed by atoms with E-state index in [4.69, 9.17) is 4.84 Å². The molecule has 0 bridgehead atoms. The fourth-order valence-corrected chi connectivity index (χ4v) is 8.43. The molecular weight excluding hydrogens is 494 g/mol. The summed E-state index contributed by atoms with van der Waals surface area (Å²) in [4.78, 5) is 23.9. The third-order valence-electron chi connectivity index (χ3n) is 9.44. The molecule has 5 rings (SSSR count). The number of benzene rings is 1. The van der Waals surface area contributed by atoms with Crippen LogP contribution in [0.2, 0.25) is 0 Å². The molecule has 1 aromatic heterocycles. The number of nitrogens with one attached hydrogen (secondary N) is 1. The molecule has 2 aromatic rings. The van der Waals surface area contributed by atoms with Gasteiger partial charge in [-0.2, -0.15) is 0 Å². The van der Waals surface area contributed by atoms with Gasteiger partial charge in [-0.15, -0.1) is 11.3 Å². The summed E-state index contributed by atoms with van der Waals surface area (Å²) in [7, 11) is 0. The Bertz CT molecular complexity index is 1230. The van der Waals surface area contributed by atoms with Crippen LogP contribution < -0.4 is 5.32 Å². The Hall–Kier alpha value is -2.41. The van der Waals surface area contributed by atoms with Crippen molar-refractivity contribution in [3.05, 3.63) is 39.9 Å². The first-order valence-corrected chi connectivity index (χ1v) is 15.1. The van der Waals surface area contributed by atoms with Crippen LogP contribution in [-0.2, 0) is 21.5 Å². The average molecular weight is 538 g/mol.